The fourth-order valence-electron chi connectivity index (χ4n) is 6.92. The number of phenolic OH excluding ortho intramolecular Hbond substituents is 1. The molecule has 0 radical (unpaired) electrons. The Kier molecular flexibility index (Phi) is 14.1. The van der Waals surface area contributed by atoms with E-state index in [1.807, 2.05) is 0 Å². The number of nitrogens with one attached hydrogen (secondary N) is 4. The molecule has 3 fully saturated rings. The summed E-state index contributed by atoms with van der Waals surface area (Å²) in [6.45, 7) is 3.44. The summed E-state index contributed by atoms with van der Waals surface area (Å²) in [5.41, 5.74) is 5.94. The molecular formula is C34H51N7O14. The molecule has 0 bridgehead atoms. The van der Waals surface area contributed by atoms with Crippen molar-refractivity contribution >= 4 is 35.4 Å². The SMILES string of the molecule is CC(O)C1NC(=O)C(N)CC(O)C(O)NC(=O)C2C(O)C(C)CN2C(=O)C(C(C)O)NC(=O)C(C(O)C(O)c2ccc(O)cc2)NC(=O)C2CCCN2C1=O. The fraction of sp³-hybridized carbons (Fsp3) is 0.647. The summed E-state index contributed by atoms with van der Waals surface area (Å²) in [5.74, 6) is -7.56. The minimum atomic E-state index is -2.17. The highest BCUT2D eigenvalue weighted by molar-refractivity contribution is 5.97. The third-order valence-electron chi connectivity index (χ3n) is 10.2. The molecule has 3 saturated heterocycles. The zero-order chi connectivity index (χ0) is 41.0. The number of aliphatic hydroxyl groups is 7. The Hall–Kier alpha value is -4.48. The molecular weight excluding hydrogens is 730 g/mol. The predicted molar refractivity (Wildman–Crippen MR) is 186 cm³/mol. The van der Waals surface area contributed by atoms with Crippen molar-refractivity contribution in [3.63, 3.8) is 0 Å². The molecule has 3 aliphatic rings. The number of hydrogen-bond donors (Lipinski definition) is 13. The van der Waals surface area contributed by atoms with Gasteiger partial charge in [0.05, 0.1) is 24.4 Å². The van der Waals surface area contributed by atoms with Crippen molar-refractivity contribution in [2.45, 2.75) is 119 Å². The largest absolute Gasteiger partial charge is 0.508 e. The van der Waals surface area contributed by atoms with E-state index in [2.05, 4.69) is 21.3 Å². The van der Waals surface area contributed by atoms with Gasteiger partial charge in [-0.15, -0.1) is 0 Å². The monoisotopic (exact) mass is 781 g/mol. The van der Waals surface area contributed by atoms with Crippen LogP contribution in [0.3, 0.4) is 0 Å². The fourth-order valence-corrected chi connectivity index (χ4v) is 6.92. The van der Waals surface area contributed by atoms with Crippen molar-refractivity contribution in [1.29, 1.82) is 0 Å². The Labute approximate surface area is 315 Å². The van der Waals surface area contributed by atoms with Crippen LogP contribution in [0.15, 0.2) is 24.3 Å². The van der Waals surface area contributed by atoms with Crippen LogP contribution < -0.4 is 27.0 Å². The summed E-state index contributed by atoms with van der Waals surface area (Å²) in [6.07, 6.45) is -13.3. The van der Waals surface area contributed by atoms with Gasteiger partial charge in [-0.25, -0.2) is 0 Å². The number of aliphatic hydroxyl groups excluding tert-OH is 7. The number of rotatable bonds is 5. The first-order valence-corrected chi connectivity index (χ1v) is 17.9. The molecule has 14 N–H and O–H groups in total. The second-order valence-corrected chi connectivity index (χ2v) is 14.4. The van der Waals surface area contributed by atoms with Gasteiger partial charge in [-0.2, -0.15) is 0 Å². The zero-order valence-corrected chi connectivity index (χ0v) is 30.4. The first-order valence-electron chi connectivity index (χ1n) is 17.9. The van der Waals surface area contributed by atoms with E-state index >= 15 is 0 Å². The van der Waals surface area contributed by atoms with Crippen LogP contribution in [0.4, 0.5) is 0 Å². The van der Waals surface area contributed by atoms with Gasteiger partial charge < -0.3 is 77.7 Å². The Bertz CT molecular complexity index is 1580. The molecule has 4 rings (SSSR count). The Balaban J connectivity index is 1.78. The number of carbonyl (C=O) groups excluding carboxylic acids is 6. The Morgan fingerprint density at radius 2 is 1.29 bits per heavy atom. The van der Waals surface area contributed by atoms with Crippen LogP contribution in [-0.2, 0) is 28.8 Å². The number of benzene rings is 1. The van der Waals surface area contributed by atoms with Crippen LogP contribution in [0.5, 0.6) is 5.75 Å². The third kappa shape index (κ3) is 9.67. The molecule has 14 unspecified atom stereocenters. The van der Waals surface area contributed by atoms with Crippen molar-refractivity contribution in [1.82, 2.24) is 31.1 Å². The van der Waals surface area contributed by atoms with E-state index in [-0.39, 0.29) is 37.2 Å². The maximum absolute atomic E-state index is 14.0. The van der Waals surface area contributed by atoms with Gasteiger partial charge in [0, 0.05) is 25.4 Å². The van der Waals surface area contributed by atoms with E-state index in [0.717, 1.165) is 16.7 Å². The van der Waals surface area contributed by atoms with Gasteiger partial charge in [0.25, 0.3) is 0 Å². The average Bonchev–Trinajstić information content (AvgIpc) is 3.74. The lowest BCUT2D eigenvalue weighted by Gasteiger charge is -2.34. The van der Waals surface area contributed by atoms with E-state index in [4.69, 9.17) is 5.73 Å². The van der Waals surface area contributed by atoms with Gasteiger partial charge in [0.1, 0.15) is 54.3 Å². The lowest BCUT2D eigenvalue weighted by molar-refractivity contribution is -0.148. The third-order valence-corrected chi connectivity index (χ3v) is 10.2. The Morgan fingerprint density at radius 3 is 1.87 bits per heavy atom. The summed E-state index contributed by atoms with van der Waals surface area (Å²) < 4.78 is 0. The van der Waals surface area contributed by atoms with Crippen LogP contribution in [0, 0.1) is 5.92 Å². The highest BCUT2D eigenvalue weighted by atomic mass is 16.3. The van der Waals surface area contributed by atoms with E-state index in [9.17, 15) is 69.6 Å². The molecule has 1 aromatic carbocycles. The normalized spacial score (nSPS) is 34.2. The number of carbonyl (C=O) groups is 6. The first-order chi connectivity index (χ1) is 25.7. The molecule has 21 nitrogen and oxygen atoms in total. The quantitative estimate of drug-likeness (QED) is 0.132. The molecule has 0 spiro atoms. The van der Waals surface area contributed by atoms with E-state index < -0.39 is 127 Å². The van der Waals surface area contributed by atoms with Gasteiger partial charge >= 0.3 is 0 Å². The van der Waals surface area contributed by atoms with Gasteiger partial charge in [-0.05, 0) is 44.4 Å². The molecule has 6 amide bonds. The smallest absolute Gasteiger partial charge is 0.248 e. The number of nitrogens with zero attached hydrogens (tertiary/aromatic N) is 2. The second kappa shape index (κ2) is 18.0. The number of phenols is 1. The van der Waals surface area contributed by atoms with E-state index in [1.165, 1.54) is 38.1 Å². The summed E-state index contributed by atoms with van der Waals surface area (Å²) in [4.78, 5) is 84.0. The lowest BCUT2D eigenvalue weighted by atomic mass is 9.96. The second-order valence-electron chi connectivity index (χ2n) is 14.4. The van der Waals surface area contributed by atoms with Gasteiger partial charge in [0.15, 0.2) is 6.23 Å². The summed E-state index contributed by atoms with van der Waals surface area (Å²) >= 11 is 0. The number of aromatic hydroxyl groups is 1. The minimum absolute atomic E-state index is 0.00884. The van der Waals surface area contributed by atoms with E-state index in [1.54, 1.807) is 0 Å². The average molecular weight is 782 g/mol. The van der Waals surface area contributed by atoms with Crippen LogP contribution in [0.1, 0.15) is 51.7 Å². The van der Waals surface area contributed by atoms with Crippen LogP contribution in [0.25, 0.3) is 0 Å². The Morgan fingerprint density at radius 1 is 0.745 bits per heavy atom. The lowest BCUT2D eigenvalue weighted by Crippen LogP contribution is -2.64. The predicted octanol–water partition coefficient (Wildman–Crippen LogP) is -6.27. The van der Waals surface area contributed by atoms with Crippen LogP contribution in [0.2, 0.25) is 0 Å². The molecule has 1 aromatic rings. The standard InChI is InChI=1S/C34H51N7O14/c1-13-12-41-24(25(13)46)32(53)39-30(51)20(45)11-18(35)28(49)36-21(14(2)42)33(54)40-10-4-5-19(40)29(50)38-23(31(52)37-22(15(3)43)34(41)55)27(48)26(47)16-6-8-17(44)9-7-16/h6-9,13-15,18-27,30,42-48,51H,4-5,10-12,35H2,1-3H3,(H,36,49)(H,37,52)(H,38,50)(H,39,53). The molecule has 0 saturated carbocycles. The molecule has 3 heterocycles. The van der Waals surface area contributed by atoms with Crippen molar-refractivity contribution in [2.75, 3.05) is 13.1 Å². The molecule has 306 valence electrons. The number of fused-ring (bicyclic) bond motifs is 2. The topological polar surface area (TPSA) is 345 Å². The molecule has 14 atom stereocenters. The van der Waals surface area contributed by atoms with Crippen LogP contribution >= 0.6 is 0 Å². The van der Waals surface area contributed by atoms with Crippen molar-refractivity contribution in [2.24, 2.45) is 11.7 Å². The summed E-state index contributed by atoms with van der Waals surface area (Å²) in [5, 5.41) is 94.6. The molecule has 21 heteroatoms. The molecule has 0 aliphatic carbocycles. The maximum Gasteiger partial charge on any atom is 0.248 e. The van der Waals surface area contributed by atoms with Crippen molar-refractivity contribution < 1.29 is 69.6 Å². The van der Waals surface area contributed by atoms with Gasteiger partial charge in [-0.1, -0.05) is 19.1 Å². The van der Waals surface area contributed by atoms with E-state index in [0.29, 0.717) is 0 Å². The first kappa shape index (κ1) is 43.3. The highest BCUT2D eigenvalue weighted by Crippen LogP contribution is 2.27. The van der Waals surface area contributed by atoms with Crippen molar-refractivity contribution in [3.8, 4) is 5.75 Å². The number of nitrogens with two attached hydrogens (primary N) is 1. The zero-order valence-electron chi connectivity index (χ0n) is 30.4. The molecule has 3 aliphatic heterocycles. The molecule has 0 aromatic heterocycles. The minimum Gasteiger partial charge on any atom is -0.508 e. The number of hydrogen-bond acceptors (Lipinski definition) is 15. The summed E-state index contributed by atoms with van der Waals surface area (Å²) in [6, 6.07) is -5.55. The summed E-state index contributed by atoms with van der Waals surface area (Å²) in [7, 11) is 0. The van der Waals surface area contributed by atoms with Crippen molar-refractivity contribution in [3.05, 3.63) is 29.8 Å². The van der Waals surface area contributed by atoms with Gasteiger partial charge in [-0.3, -0.25) is 28.8 Å². The van der Waals surface area contributed by atoms with Crippen LogP contribution in [-0.4, -0.2) is 172 Å². The maximum atomic E-state index is 14.0. The van der Waals surface area contributed by atoms with Gasteiger partial charge in [0.2, 0.25) is 35.4 Å². The highest BCUT2D eigenvalue weighted by Gasteiger charge is 2.49. The number of amides is 6. The molecule has 55 heavy (non-hydrogen) atoms.